The fourth-order valence-corrected chi connectivity index (χ4v) is 3.55. The molecular formula is C20H20ClF3N2. The molecule has 138 valence electrons. The molecule has 0 saturated carbocycles. The van der Waals surface area contributed by atoms with Gasteiger partial charge in [0.15, 0.2) is 0 Å². The molecular weight excluding hydrogens is 361 g/mol. The Labute approximate surface area is 155 Å². The minimum Gasteiger partial charge on any atom is -0.354 e. The van der Waals surface area contributed by atoms with E-state index in [-0.39, 0.29) is 10.5 Å². The number of hydrogen-bond acceptors (Lipinski definition) is 1. The predicted molar refractivity (Wildman–Crippen MR) is 100 cm³/mol. The van der Waals surface area contributed by atoms with Gasteiger partial charge < -0.3 is 10.7 Å². The molecule has 3 rings (SSSR count). The third kappa shape index (κ3) is 3.60. The molecule has 3 N–H and O–H groups in total. The molecule has 0 fully saturated rings. The average Bonchev–Trinajstić information content (AvgIpc) is 2.92. The first kappa shape index (κ1) is 18.8. The smallest absolute Gasteiger partial charge is 0.354 e. The van der Waals surface area contributed by atoms with Crippen molar-refractivity contribution in [1.29, 1.82) is 0 Å². The van der Waals surface area contributed by atoms with Crippen LogP contribution in [0.4, 0.5) is 13.2 Å². The van der Waals surface area contributed by atoms with Gasteiger partial charge in [-0.25, -0.2) is 0 Å². The van der Waals surface area contributed by atoms with Crippen LogP contribution in [-0.4, -0.2) is 11.5 Å². The van der Waals surface area contributed by atoms with Crippen molar-refractivity contribution in [2.45, 2.75) is 32.4 Å². The highest BCUT2D eigenvalue weighted by Crippen LogP contribution is 2.41. The maximum atomic E-state index is 13.5. The lowest BCUT2D eigenvalue weighted by Gasteiger charge is -2.09. The van der Waals surface area contributed by atoms with E-state index in [4.69, 9.17) is 17.3 Å². The number of H-pyrrole nitrogens is 1. The van der Waals surface area contributed by atoms with Crippen LogP contribution in [0, 0.1) is 6.92 Å². The number of fused-ring (bicyclic) bond motifs is 1. The van der Waals surface area contributed by atoms with Gasteiger partial charge in [-0.2, -0.15) is 13.2 Å². The number of unbranched alkanes of at least 4 members (excludes halogenated alkanes) is 1. The second-order valence-corrected chi connectivity index (χ2v) is 6.85. The van der Waals surface area contributed by atoms with Crippen molar-refractivity contribution in [2.24, 2.45) is 5.73 Å². The largest absolute Gasteiger partial charge is 0.418 e. The summed E-state index contributed by atoms with van der Waals surface area (Å²) in [6.07, 6.45) is -2.23. The predicted octanol–water partition coefficient (Wildman–Crippen LogP) is 6.10. The molecule has 6 heteroatoms. The van der Waals surface area contributed by atoms with Gasteiger partial charge in [0.25, 0.3) is 0 Å². The number of aromatic amines is 1. The van der Waals surface area contributed by atoms with E-state index in [1.165, 1.54) is 0 Å². The van der Waals surface area contributed by atoms with Gasteiger partial charge in [-0.05, 0) is 56.0 Å². The number of rotatable bonds is 5. The van der Waals surface area contributed by atoms with Gasteiger partial charge in [-0.15, -0.1) is 0 Å². The monoisotopic (exact) mass is 380 g/mol. The van der Waals surface area contributed by atoms with Crippen LogP contribution in [0.15, 0.2) is 36.4 Å². The fraction of sp³-hybridized carbons (Fsp3) is 0.300. The van der Waals surface area contributed by atoms with Gasteiger partial charge in [-0.1, -0.05) is 35.9 Å². The Balaban J connectivity index is 2.29. The van der Waals surface area contributed by atoms with Crippen molar-refractivity contribution in [3.63, 3.8) is 0 Å². The third-order valence-electron chi connectivity index (χ3n) is 4.58. The Morgan fingerprint density at radius 3 is 2.50 bits per heavy atom. The molecule has 0 unspecified atom stereocenters. The lowest BCUT2D eigenvalue weighted by atomic mass is 9.97. The van der Waals surface area contributed by atoms with E-state index in [0.29, 0.717) is 18.4 Å². The van der Waals surface area contributed by atoms with Gasteiger partial charge in [-0.3, -0.25) is 0 Å². The normalized spacial score (nSPS) is 12.1. The van der Waals surface area contributed by atoms with Crippen LogP contribution < -0.4 is 5.73 Å². The molecule has 0 radical (unpaired) electrons. The number of halogens is 4. The van der Waals surface area contributed by atoms with Crippen LogP contribution in [0.1, 0.15) is 29.5 Å². The second kappa shape index (κ2) is 7.33. The van der Waals surface area contributed by atoms with Crippen LogP contribution in [0.5, 0.6) is 0 Å². The second-order valence-electron chi connectivity index (χ2n) is 6.41. The zero-order chi connectivity index (χ0) is 18.9. The summed E-state index contributed by atoms with van der Waals surface area (Å²) in [5, 5.41) is 0.611. The summed E-state index contributed by atoms with van der Waals surface area (Å²) in [4.78, 5) is 3.04. The van der Waals surface area contributed by atoms with E-state index in [2.05, 4.69) is 4.98 Å². The Hall–Kier alpha value is -1.98. The molecule has 0 aliphatic carbocycles. The van der Waals surface area contributed by atoms with Gasteiger partial charge in [0.1, 0.15) is 0 Å². The Bertz CT molecular complexity index is 929. The van der Waals surface area contributed by atoms with Gasteiger partial charge in [0, 0.05) is 21.7 Å². The van der Waals surface area contributed by atoms with E-state index in [1.54, 1.807) is 6.07 Å². The standard InChI is InChI=1S/C20H20ClF3N2/c1-12-6-2-3-7-14(12)18-15(8-4-5-9-25)16-10-13(21)11-17(19(16)26-18)20(22,23)24/h2-3,6-7,10-11,26H,4-5,8-9,25H2,1H3. The molecule has 0 saturated heterocycles. The number of benzene rings is 2. The number of aromatic nitrogens is 1. The van der Waals surface area contributed by atoms with E-state index < -0.39 is 11.7 Å². The van der Waals surface area contributed by atoms with Crippen LogP contribution >= 0.6 is 11.6 Å². The summed E-state index contributed by atoms with van der Waals surface area (Å²) in [5.41, 5.74) is 8.41. The zero-order valence-electron chi connectivity index (χ0n) is 14.4. The number of alkyl halides is 3. The first-order valence-corrected chi connectivity index (χ1v) is 8.88. The lowest BCUT2D eigenvalue weighted by Crippen LogP contribution is -2.05. The Morgan fingerprint density at radius 1 is 1.12 bits per heavy atom. The first-order chi connectivity index (χ1) is 12.3. The number of hydrogen-bond donors (Lipinski definition) is 2. The average molecular weight is 381 g/mol. The molecule has 0 atom stereocenters. The summed E-state index contributed by atoms with van der Waals surface area (Å²) < 4.78 is 40.6. The van der Waals surface area contributed by atoms with Crippen molar-refractivity contribution in [2.75, 3.05) is 6.54 Å². The van der Waals surface area contributed by atoms with E-state index in [9.17, 15) is 13.2 Å². The highest BCUT2D eigenvalue weighted by Gasteiger charge is 2.34. The molecule has 2 aromatic carbocycles. The number of nitrogens with two attached hydrogens (primary N) is 1. The number of aryl methyl sites for hydroxylation is 2. The van der Waals surface area contributed by atoms with Gasteiger partial charge in [0.2, 0.25) is 0 Å². The minimum absolute atomic E-state index is 0.0835. The van der Waals surface area contributed by atoms with Crippen LogP contribution in [0.3, 0.4) is 0 Å². The van der Waals surface area contributed by atoms with Crippen molar-refractivity contribution in [3.05, 3.63) is 58.1 Å². The van der Waals surface area contributed by atoms with E-state index in [0.717, 1.165) is 41.3 Å². The molecule has 0 amide bonds. The molecule has 26 heavy (non-hydrogen) atoms. The summed E-state index contributed by atoms with van der Waals surface area (Å²) in [5.74, 6) is 0. The summed E-state index contributed by atoms with van der Waals surface area (Å²) >= 11 is 6.02. The van der Waals surface area contributed by atoms with Crippen LogP contribution in [0.25, 0.3) is 22.2 Å². The maximum Gasteiger partial charge on any atom is 0.418 e. The molecule has 0 spiro atoms. The molecule has 1 heterocycles. The quantitative estimate of drug-likeness (QED) is 0.516. The lowest BCUT2D eigenvalue weighted by molar-refractivity contribution is -0.136. The van der Waals surface area contributed by atoms with Crippen LogP contribution in [0.2, 0.25) is 5.02 Å². The van der Waals surface area contributed by atoms with Crippen LogP contribution in [-0.2, 0) is 12.6 Å². The van der Waals surface area contributed by atoms with Crippen molar-refractivity contribution in [1.82, 2.24) is 4.98 Å². The third-order valence-corrected chi connectivity index (χ3v) is 4.80. The van der Waals surface area contributed by atoms with Gasteiger partial charge >= 0.3 is 6.18 Å². The first-order valence-electron chi connectivity index (χ1n) is 8.50. The summed E-state index contributed by atoms with van der Waals surface area (Å²) in [6.45, 7) is 2.50. The molecule has 2 nitrogen and oxygen atoms in total. The highest BCUT2D eigenvalue weighted by molar-refractivity contribution is 6.31. The van der Waals surface area contributed by atoms with Gasteiger partial charge in [0.05, 0.1) is 11.1 Å². The van der Waals surface area contributed by atoms with Crippen molar-refractivity contribution < 1.29 is 13.2 Å². The summed E-state index contributed by atoms with van der Waals surface area (Å²) in [7, 11) is 0. The zero-order valence-corrected chi connectivity index (χ0v) is 15.1. The molecule has 0 aliphatic heterocycles. The highest BCUT2D eigenvalue weighted by atomic mass is 35.5. The Kier molecular flexibility index (Phi) is 5.30. The molecule has 3 aromatic rings. The number of nitrogens with one attached hydrogen (secondary N) is 1. The van der Waals surface area contributed by atoms with E-state index in [1.807, 2.05) is 31.2 Å². The summed E-state index contributed by atoms with van der Waals surface area (Å²) in [6, 6.07) is 10.3. The van der Waals surface area contributed by atoms with Crippen molar-refractivity contribution in [3.8, 4) is 11.3 Å². The fourth-order valence-electron chi connectivity index (χ4n) is 3.33. The maximum absolute atomic E-state index is 13.5. The molecule has 0 aliphatic rings. The van der Waals surface area contributed by atoms with Crippen molar-refractivity contribution >= 4 is 22.5 Å². The SMILES string of the molecule is Cc1ccccc1-c1[nH]c2c(C(F)(F)F)cc(Cl)cc2c1CCCCN. The minimum atomic E-state index is -4.48. The molecule has 0 bridgehead atoms. The van der Waals surface area contributed by atoms with E-state index >= 15 is 0 Å². The molecule has 1 aromatic heterocycles. The Morgan fingerprint density at radius 2 is 1.85 bits per heavy atom. The topological polar surface area (TPSA) is 41.8 Å².